The smallest absolute Gasteiger partial charge is 0.307 e. The summed E-state index contributed by atoms with van der Waals surface area (Å²) in [5.74, 6) is -1.19. The largest absolute Gasteiger partial charge is 0.455 e. The fourth-order valence-corrected chi connectivity index (χ4v) is 7.82. The van der Waals surface area contributed by atoms with Gasteiger partial charge >= 0.3 is 11.9 Å². The van der Waals surface area contributed by atoms with Crippen molar-refractivity contribution in [1.82, 2.24) is 4.90 Å². The van der Waals surface area contributed by atoms with E-state index in [1.807, 2.05) is 0 Å². The molecule has 0 aromatic heterocycles. The van der Waals surface area contributed by atoms with E-state index in [9.17, 15) is 18.0 Å². The Bertz CT molecular complexity index is 1080. The van der Waals surface area contributed by atoms with Crippen molar-refractivity contribution in [3.63, 3.8) is 0 Å². The Kier molecular flexibility index (Phi) is 34.1. The van der Waals surface area contributed by atoms with Crippen LogP contribution in [0.4, 0.5) is 0 Å². The summed E-state index contributed by atoms with van der Waals surface area (Å²) in [4.78, 5) is 28.0. The van der Waals surface area contributed by atoms with Gasteiger partial charge in [-0.15, -0.1) is 0 Å². The van der Waals surface area contributed by atoms with Crippen LogP contribution in [0.3, 0.4) is 0 Å². The van der Waals surface area contributed by atoms with E-state index in [4.69, 9.17) is 19.3 Å². The van der Waals surface area contributed by atoms with Crippen molar-refractivity contribution in [3.8, 4) is 0 Å². The zero-order valence-corrected chi connectivity index (χ0v) is 36.3. The van der Waals surface area contributed by atoms with E-state index in [0.717, 1.165) is 96.6 Å². The molecule has 1 aliphatic heterocycles. The number of hydrogen-bond acceptors (Lipinski definition) is 8. The number of likely N-dealkylation sites (tertiary alicyclic amines) is 1. The summed E-state index contributed by atoms with van der Waals surface area (Å²) in [7, 11) is -4.39. The highest BCUT2D eigenvalue weighted by Crippen LogP contribution is 2.17. The van der Waals surface area contributed by atoms with Crippen molar-refractivity contribution in [2.75, 3.05) is 32.8 Å². The summed E-state index contributed by atoms with van der Waals surface area (Å²) in [6, 6.07) is 0. The van der Waals surface area contributed by atoms with Crippen LogP contribution < -0.4 is 5.14 Å². The van der Waals surface area contributed by atoms with Gasteiger partial charge in [0.05, 0.1) is 13.2 Å². The Labute approximate surface area is 338 Å². The maximum absolute atomic E-state index is 12.9. The van der Waals surface area contributed by atoms with E-state index in [1.165, 1.54) is 83.5 Å². The van der Waals surface area contributed by atoms with Crippen LogP contribution in [-0.2, 0) is 33.8 Å². The van der Waals surface area contributed by atoms with Gasteiger partial charge in [0, 0.05) is 19.4 Å². The van der Waals surface area contributed by atoms with Crippen molar-refractivity contribution in [2.45, 2.75) is 218 Å². The molecule has 0 saturated carbocycles. The van der Waals surface area contributed by atoms with Crippen LogP contribution in [0.2, 0.25) is 0 Å². The average Bonchev–Trinajstić information content (AvgIpc) is 3.68. The van der Waals surface area contributed by atoms with Crippen molar-refractivity contribution in [2.24, 2.45) is 5.14 Å². The molecule has 0 amide bonds. The average molecular weight is 797 g/mol. The molecule has 10 heteroatoms. The van der Waals surface area contributed by atoms with Crippen molar-refractivity contribution < 1.29 is 32.2 Å². The Morgan fingerprint density at radius 2 is 0.964 bits per heavy atom. The number of carbonyl (C=O) groups excluding carboxylic acids is 2. The number of hydrogen-bond donors (Lipinski definition) is 1. The van der Waals surface area contributed by atoms with Gasteiger partial charge in [-0.25, -0.2) is 13.6 Å². The number of ether oxygens (including phenoxy) is 3. The Morgan fingerprint density at radius 1 is 0.582 bits per heavy atom. The number of nitrogens with two attached hydrogens (primary N) is 1. The second kappa shape index (κ2) is 36.6. The van der Waals surface area contributed by atoms with E-state index in [1.54, 1.807) is 0 Å². The molecule has 1 rings (SSSR count). The zero-order chi connectivity index (χ0) is 40.1. The molecule has 0 aliphatic carbocycles. The molecule has 55 heavy (non-hydrogen) atoms. The number of rotatable bonds is 39. The first kappa shape index (κ1) is 51.3. The lowest BCUT2D eigenvalue weighted by Gasteiger charge is -2.26. The second-order valence-electron chi connectivity index (χ2n) is 15.8. The molecule has 0 aromatic rings. The summed E-state index contributed by atoms with van der Waals surface area (Å²) in [6.45, 7) is 7.34. The molecule has 0 bridgehead atoms. The Hall–Kier alpha value is -1.75. The highest BCUT2D eigenvalue weighted by Gasteiger charge is 2.38. The van der Waals surface area contributed by atoms with E-state index in [0.29, 0.717) is 26.0 Å². The third-order valence-electron chi connectivity index (χ3n) is 10.5. The number of sulfonamides is 1. The molecule has 2 unspecified atom stereocenters. The zero-order valence-electron chi connectivity index (χ0n) is 35.5. The SMILES string of the molecule is CCCCCCCC/C=C\CCCCCCCC(=O)OC(COCCN1CCCC1)C(OC(=O)CCCCCCC/C=C\CCCCCCCC)S(N)(=O)=O. The molecular weight excluding hydrogens is 713 g/mol. The fraction of sp³-hybridized carbons (Fsp3) is 0.867. The first-order valence-corrected chi connectivity index (χ1v) is 24.4. The third kappa shape index (κ3) is 32.0. The predicted molar refractivity (Wildman–Crippen MR) is 228 cm³/mol. The van der Waals surface area contributed by atoms with Gasteiger partial charge in [0.2, 0.25) is 0 Å². The lowest BCUT2D eigenvalue weighted by atomic mass is 10.1. The summed E-state index contributed by atoms with van der Waals surface area (Å²) >= 11 is 0. The van der Waals surface area contributed by atoms with E-state index in [2.05, 4.69) is 43.1 Å². The standard InChI is InChI=1S/C45H84N2O7S/c1-3-5-7-9-11-13-15-17-19-21-23-25-27-29-31-35-43(48)53-42(41-52-40-39-47-37-33-34-38-47)45(55(46,50)51)54-44(49)36-32-30-28-26-24-22-20-18-16-14-12-10-8-6-4-2/h17-20,42,45H,3-16,21-41H2,1-2H3,(H2,46,50,51)/b19-17-,20-18-. The quantitative estimate of drug-likeness (QED) is 0.0370. The number of nitrogens with zero attached hydrogens (tertiary/aromatic N) is 1. The summed E-state index contributed by atoms with van der Waals surface area (Å²) < 4.78 is 42.2. The normalized spacial score (nSPS) is 15.0. The molecule has 1 saturated heterocycles. The van der Waals surface area contributed by atoms with Crippen LogP contribution in [-0.4, -0.2) is 69.6 Å². The fourth-order valence-electron chi connectivity index (χ4n) is 7.02. The van der Waals surface area contributed by atoms with Crippen LogP contribution in [0.25, 0.3) is 0 Å². The molecular formula is C45H84N2O7S. The second-order valence-corrected chi connectivity index (χ2v) is 17.4. The molecule has 2 atom stereocenters. The number of esters is 2. The topological polar surface area (TPSA) is 125 Å². The maximum atomic E-state index is 12.9. The summed E-state index contributed by atoms with van der Waals surface area (Å²) in [5, 5.41) is 5.56. The molecule has 0 spiro atoms. The van der Waals surface area contributed by atoms with Crippen LogP contribution >= 0.6 is 0 Å². The van der Waals surface area contributed by atoms with E-state index >= 15 is 0 Å². The predicted octanol–water partition coefficient (Wildman–Crippen LogP) is 11.2. The third-order valence-corrected chi connectivity index (χ3v) is 11.5. The maximum Gasteiger partial charge on any atom is 0.307 e. The summed E-state index contributed by atoms with van der Waals surface area (Å²) in [5.41, 5.74) is -1.81. The Morgan fingerprint density at radius 3 is 1.38 bits per heavy atom. The van der Waals surface area contributed by atoms with Crippen LogP contribution in [0.15, 0.2) is 24.3 Å². The van der Waals surface area contributed by atoms with Gasteiger partial charge in [0.1, 0.15) is 0 Å². The molecule has 1 fully saturated rings. The van der Waals surface area contributed by atoms with Crippen LogP contribution in [0, 0.1) is 0 Å². The Balaban J connectivity index is 2.41. The first-order chi connectivity index (χ1) is 26.8. The van der Waals surface area contributed by atoms with Gasteiger partial charge in [-0.2, -0.15) is 0 Å². The molecule has 1 heterocycles. The molecule has 0 radical (unpaired) electrons. The number of primary sulfonamides is 1. The summed E-state index contributed by atoms with van der Waals surface area (Å²) in [6.07, 6.45) is 40.2. The highest BCUT2D eigenvalue weighted by atomic mass is 32.2. The number of unbranched alkanes of at least 4 members (excludes halogenated alkanes) is 22. The molecule has 2 N–H and O–H groups in total. The van der Waals surface area contributed by atoms with Gasteiger partial charge in [-0.1, -0.05) is 141 Å². The molecule has 1 aliphatic rings. The van der Waals surface area contributed by atoms with Gasteiger partial charge in [0.15, 0.2) is 6.10 Å². The molecule has 0 aromatic carbocycles. The lowest BCUT2D eigenvalue weighted by molar-refractivity contribution is -0.166. The van der Waals surface area contributed by atoms with E-state index in [-0.39, 0.29) is 19.4 Å². The van der Waals surface area contributed by atoms with Crippen molar-refractivity contribution >= 4 is 22.0 Å². The van der Waals surface area contributed by atoms with Gasteiger partial charge in [-0.05, 0) is 90.1 Å². The van der Waals surface area contributed by atoms with Crippen molar-refractivity contribution in [1.29, 1.82) is 0 Å². The minimum Gasteiger partial charge on any atom is -0.455 e. The van der Waals surface area contributed by atoms with Crippen LogP contribution in [0.5, 0.6) is 0 Å². The first-order valence-electron chi connectivity index (χ1n) is 22.8. The van der Waals surface area contributed by atoms with E-state index < -0.39 is 33.5 Å². The minimum absolute atomic E-state index is 0.0789. The monoisotopic (exact) mass is 797 g/mol. The van der Waals surface area contributed by atoms with Gasteiger partial charge < -0.3 is 19.1 Å². The number of carbonyl (C=O) groups is 2. The van der Waals surface area contributed by atoms with Gasteiger partial charge in [0.25, 0.3) is 15.5 Å². The number of allylic oxidation sites excluding steroid dienone is 4. The highest BCUT2D eigenvalue weighted by molar-refractivity contribution is 7.89. The van der Waals surface area contributed by atoms with Crippen molar-refractivity contribution in [3.05, 3.63) is 24.3 Å². The lowest BCUT2D eigenvalue weighted by Crippen LogP contribution is -2.46. The van der Waals surface area contributed by atoms with Crippen LogP contribution in [0.1, 0.15) is 206 Å². The molecule has 9 nitrogen and oxygen atoms in total. The van der Waals surface area contributed by atoms with Gasteiger partial charge in [-0.3, -0.25) is 9.59 Å². The molecule has 322 valence electrons. The minimum atomic E-state index is -4.39.